The highest BCUT2D eigenvalue weighted by Crippen LogP contribution is 2.35. The Morgan fingerprint density at radius 2 is 2.17 bits per heavy atom. The van der Waals surface area contributed by atoms with Crippen molar-refractivity contribution in [1.29, 1.82) is 0 Å². The lowest BCUT2D eigenvalue weighted by Crippen LogP contribution is -2.20. The number of esters is 2. The monoisotopic (exact) mass is 164 g/mol. The largest absolute Gasteiger partial charge is 0.392 e. The first kappa shape index (κ1) is 7.28. The molecule has 1 saturated heterocycles. The Labute approximate surface area is 69.7 Å². The number of hydrogen-bond acceptors (Lipinski definition) is 3. The molecule has 0 aromatic heterocycles. The van der Waals surface area contributed by atoms with Gasteiger partial charge in [-0.25, -0.2) is 0 Å². The summed E-state index contributed by atoms with van der Waals surface area (Å²) in [6.07, 6.45) is 4.22. The number of carbonyl (C=O) groups excluding carboxylic acids is 2. The van der Waals surface area contributed by atoms with E-state index in [1.54, 1.807) is 6.08 Å². The lowest BCUT2D eigenvalue weighted by Gasteiger charge is -2.15. The van der Waals surface area contributed by atoms with Gasteiger partial charge in [0.1, 0.15) is 0 Å². The van der Waals surface area contributed by atoms with Crippen LogP contribution in [0, 0.1) is 11.8 Å². The zero-order valence-corrected chi connectivity index (χ0v) is 6.45. The average molecular weight is 164 g/mol. The van der Waals surface area contributed by atoms with E-state index in [1.807, 2.05) is 6.08 Å². The summed E-state index contributed by atoms with van der Waals surface area (Å²) in [7, 11) is 0. The molecule has 0 spiro atoms. The number of ether oxygens (including phenoxy) is 1. The molecule has 1 heterocycles. The molecule has 0 aromatic rings. The van der Waals surface area contributed by atoms with E-state index in [1.165, 1.54) is 0 Å². The van der Waals surface area contributed by atoms with Gasteiger partial charge >= 0.3 is 11.9 Å². The van der Waals surface area contributed by atoms with Gasteiger partial charge in [-0.3, -0.25) is 9.59 Å². The normalized spacial score (nSPS) is 33.5. The molecule has 1 aliphatic carbocycles. The number of hydrogen-bond donors (Lipinski definition) is 0. The van der Waals surface area contributed by atoms with Crippen molar-refractivity contribution in [1.82, 2.24) is 0 Å². The highest BCUT2D eigenvalue weighted by molar-refractivity contribution is 5.98. The van der Waals surface area contributed by atoms with Crippen LogP contribution in [0.5, 0.6) is 0 Å². The minimum absolute atomic E-state index is 0.310. The van der Waals surface area contributed by atoms with Crippen LogP contribution in [-0.2, 0) is 14.3 Å². The summed E-state index contributed by atoms with van der Waals surface area (Å²) in [5.41, 5.74) is 0.683. The molecular weight excluding hydrogens is 156 g/mol. The van der Waals surface area contributed by atoms with Gasteiger partial charge in [0, 0.05) is 0 Å². The molecule has 2 atom stereocenters. The van der Waals surface area contributed by atoms with Gasteiger partial charge in [-0.2, -0.15) is 0 Å². The number of rotatable bonds is 0. The molecule has 0 amide bonds. The van der Waals surface area contributed by atoms with Crippen LogP contribution in [-0.4, -0.2) is 11.9 Å². The molecule has 2 unspecified atom stereocenters. The van der Waals surface area contributed by atoms with E-state index in [0.717, 1.165) is 0 Å². The summed E-state index contributed by atoms with van der Waals surface area (Å²) in [5, 5.41) is 0. The van der Waals surface area contributed by atoms with Gasteiger partial charge in [0.05, 0.1) is 11.8 Å². The molecule has 1 fully saturated rings. The van der Waals surface area contributed by atoms with E-state index in [9.17, 15) is 9.59 Å². The van der Waals surface area contributed by atoms with Crippen molar-refractivity contribution in [2.45, 2.75) is 6.42 Å². The summed E-state index contributed by atoms with van der Waals surface area (Å²) in [4.78, 5) is 22.1. The van der Waals surface area contributed by atoms with Crippen molar-refractivity contribution in [3.8, 4) is 0 Å². The Kier molecular flexibility index (Phi) is 1.40. The molecule has 2 aliphatic rings. The minimum Gasteiger partial charge on any atom is -0.392 e. The van der Waals surface area contributed by atoms with Gasteiger partial charge in [0.2, 0.25) is 0 Å². The van der Waals surface area contributed by atoms with Gasteiger partial charge in [-0.1, -0.05) is 18.7 Å². The zero-order valence-electron chi connectivity index (χ0n) is 6.45. The zero-order chi connectivity index (χ0) is 8.72. The second kappa shape index (κ2) is 2.30. The summed E-state index contributed by atoms with van der Waals surface area (Å²) >= 11 is 0. The third-order valence-corrected chi connectivity index (χ3v) is 2.28. The molecule has 0 bridgehead atoms. The maximum absolute atomic E-state index is 11.1. The number of cyclic esters (lactones) is 2. The first-order valence-electron chi connectivity index (χ1n) is 3.81. The summed E-state index contributed by atoms with van der Waals surface area (Å²) in [6.45, 7) is 3.70. The molecule has 0 radical (unpaired) electrons. The van der Waals surface area contributed by atoms with Crippen LogP contribution >= 0.6 is 0 Å². The predicted molar refractivity (Wildman–Crippen MR) is 41.0 cm³/mol. The standard InChI is InChI=1S/C9H8O3/c1-5-3-2-4-6-7(5)9(11)12-8(6)10/h2-3,6-7H,1,4H2. The van der Waals surface area contributed by atoms with E-state index >= 15 is 0 Å². The Balaban J connectivity index is 2.39. The van der Waals surface area contributed by atoms with Crippen LogP contribution in [0.2, 0.25) is 0 Å². The van der Waals surface area contributed by atoms with Crippen LogP contribution in [0.25, 0.3) is 0 Å². The van der Waals surface area contributed by atoms with Crippen molar-refractivity contribution in [2.75, 3.05) is 0 Å². The van der Waals surface area contributed by atoms with Crippen LogP contribution in [0.15, 0.2) is 24.3 Å². The second-order valence-electron chi connectivity index (χ2n) is 3.04. The van der Waals surface area contributed by atoms with Gasteiger partial charge in [0.15, 0.2) is 0 Å². The molecule has 1 aliphatic heterocycles. The third-order valence-electron chi connectivity index (χ3n) is 2.28. The fourth-order valence-corrected chi connectivity index (χ4v) is 1.65. The lowest BCUT2D eigenvalue weighted by atomic mass is 9.82. The van der Waals surface area contributed by atoms with E-state index in [4.69, 9.17) is 0 Å². The minimum atomic E-state index is -0.445. The van der Waals surface area contributed by atoms with Crippen LogP contribution in [0.3, 0.4) is 0 Å². The lowest BCUT2D eigenvalue weighted by molar-refractivity contribution is -0.153. The topological polar surface area (TPSA) is 43.4 Å². The SMILES string of the molecule is C=C1C=CCC2C(=O)OC(=O)C12. The van der Waals surface area contributed by atoms with Gasteiger partial charge < -0.3 is 4.74 Å². The number of carbonyl (C=O) groups is 2. The fraction of sp³-hybridized carbons (Fsp3) is 0.333. The second-order valence-corrected chi connectivity index (χ2v) is 3.04. The third kappa shape index (κ3) is 0.826. The molecule has 3 heteroatoms. The quantitative estimate of drug-likeness (QED) is 0.393. The van der Waals surface area contributed by atoms with Crippen LogP contribution in [0.4, 0.5) is 0 Å². The van der Waals surface area contributed by atoms with Gasteiger partial charge in [0.25, 0.3) is 0 Å². The Morgan fingerprint density at radius 1 is 1.42 bits per heavy atom. The smallest absolute Gasteiger partial charge is 0.321 e. The fourth-order valence-electron chi connectivity index (χ4n) is 1.65. The summed E-state index contributed by atoms with van der Waals surface area (Å²) in [5.74, 6) is -1.58. The maximum atomic E-state index is 11.1. The van der Waals surface area contributed by atoms with Crippen molar-refractivity contribution in [3.05, 3.63) is 24.3 Å². The maximum Gasteiger partial charge on any atom is 0.321 e. The highest BCUT2D eigenvalue weighted by atomic mass is 16.6. The molecule has 0 saturated carbocycles. The molecule has 12 heavy (non-hydrogen) atoms. The summed E-state index contributed by atoms with van der Waals surface area (Å²) < 4.78 is 4.50. The van der Waals surface area contributed by atoms with E-state index in [0.29, 0.717) is 12.0 Å². The van der Waals surface area contributed by atoms with Crippen molar-refractivity contribution < 1.29 is 14.3 Å². The van der Waals surface area contributed by atoms with Gasteiger partial charge in [-0.15, -0.1) is 0 Å². The molecule has 62 valence electrons. The van der Waals surface area contributed by atoms with Crippen LogP contribution in [0.1, 0.15) is 6.42 Å². The van der Waals surface area contributed by atoms with E-state index in [-0.39, 0.29) is 5.92 Å². The predicted octanol–water partition coefficient (Wildman–Crippen LogP) is 0.818. The Morgan fingerprint density at radius 3 is 2.83 bits per heavy atom. The Bertz CT molecular complexity index is 301. The van der Waals surface area contributed by atoms with Crippen molar-refractivity contribution >= 4 is 11.9 Å². The van der Waals surface area contributed by atoms with E-state index in [2.05, 4.69) is 11.3 Å². The van der Waals surface area contributed by atoms with Crippen molar-refractivity contribution in [3.63, 3.8) is 0 Å². The average Bonchev–Trinajstić information content (AvgIpc) is 2.29. The molecule has 0 N–H and O–H groups in total. The van der Waals surface area contributed by atoms with Crippen molar-refractivity contribution in [2.24, 2.45) is 11.8 Å². The molecule has 2 rings (SSSR count). The molecule has 0 aromatic carbocycles. The first-order chi connectivity index (χ1) is 5.70. The van der Waals surface area contributed by atoms with E-state index < -0.39 is 17.9 Å². The van der Waals surface area contributed by atoms with Crippen LogP contribution < -0.4 is 0 Å². The summed E-state index contributed by atoms with van der Waals surface area (Å²) in [6, 6.07) is 0. The molecular formula is C9H8O3. The Hall–Kier alpha value is -1.38. The first-order valence-corrected chi connectivity index (χ1v) is 3.81. The number of fused-ring (bicyclic) bond motifs is 1. The highest BCUT2D eigenvalue weighted by Gasteiger charge is 2.45. The molecule has 3 nitrogen and oxygen atoms in total. The number of allylic oxidation sites excluding steroid dienone is 2. The van der Waals surface area contributed by atoms with Gasteiger partial charge in [-0.05, 0) is 12.0 Å².